The molecule has 0 unspecified atom stereocenters. The van der Waals surface area contributed by atoms with Gasteiger partial charge in [-0.2, -0.15) is 0 Å². The van der Waals surface area contributed by atoms with Crippen LogP contribution in [0.2, 0.25) is 0 Å². The molecule has 3 aromatic rings. The fourth-order valence-electron chi connectivity index (χ4n) is 2.30. The SMILES string of the molecule is COc1ccc(F)cc1S(=O)(=O)NCc1sc(-c2cccnc2)nc1C. The van der Waals surface area contributed by atoms with Gasteiger partial charge in [-0.05, 0) is 37.3 Å². The Bertz CT molecular complexity index is 1020. The summed E-state index contributed by atoms with van der Waals surface area (Å²) in [4.78, 5) is 9.04. The molecule has 0 atom stereocenters. The van der Waals surface area contributed by atoms with Crippen molar-refractivity contribution in [3.05, 3.63) is 59.1 Å². The lowest BCUT2D eigenvalue weighted by Gasteiger charge is -2.10. The molecular formula is C17H16FN3O3S2. The Labute approximate surface area is 154 Å². The molecule has 6 nitrogen and oxygen atoms in total. The van der Waals surface area contributed by atoms with E-state index in [0.29, 0.717) is 0 Å². The van der Waals surface area contributed by atoms with Gasteiger partial charge in [0.2, 0.25) is 10.0 Å². The molecule has 1 aromatic carbocycles. The van der Waals surface area contributed by atoms with Crippen molar-refractivity contribution in [2.24, 2.45) is 0 Å². The number of thiazole rings is 1. The van der Waals surface area contributed by atoms with Crippen molar-refractivity contribution in [1.29, 1.82) is 0 Å². The van der Waals surface area contributed by atoms with E-state index in [1.165, 1.54) is 24.5 Å². The first-order valence-electron chi connectivity index (χ1n) is 7.60. The normalized spacial score (nSPS) is 11.5. The number of rotatable bonds is 6. The van der Waals surface area contributed by atoms with Crippen LogP contribution >= 0.6 is 11.3 Å². The van der Waals surface area contributed by atoms with Crippen LogP contribution in [-0.4, -0.2) is 25.5 Å². The third-order valence-electron chi connectivity index (χ3n) is 3.64. The Kier molecular flexibility index (Phi) is 5.30. The fourth-order valence-corrected chi connectivity index (χ4v) is 4.56. The van der Waals surface area contributed by atoms with E-state index < -0.39 is 15.8 Å². The summed E-state index contributed by atoms with van der Waals surface area (Å²) in [5, 5.41) is 0.758. The molecule has 0 amide bonds. The third kappa shape index (κ3) is 3.90. The summed E-state index contributed by atoms with van der Waals surface area (Å²) in [5.74, 6) is -0.574. The van der Waals surface area contributed by atoms with E-state index in [0.717, 1.165) is 33.3 Å². The number of hydrogen-bond acceptors (Lipinski definition) is 6. The molecule has 9 heteroatoms. The summed E-state index contributed by atoms with van der Waals surface area (Å²) >= 11 is 1.38. The zero-order valence-electron chi connectivity index (χ0n) is 14.1. The van der Waals surface area contributed by atoms with Crippen molar-refractivity contribution in [2.75, 3.05) is 7.11 Å². The molecule has 0 spiro atoms. The van der Waals surface area contributed by atoms with E-state index in [4.69, 9.17) is 4.74 Å². The minimum absolute atomic E-state index is 0.0474. The Morgan fingerprint density at radius 2 is 2.12 bits per heavy atom. The molecule has 0 aliphatic heterocycles. The van der Waals surface area contributed by atoms with Crippen LogP contribution in [0, 0.1) is 12.7 Å². The van der Waals surface area contributed by atoms with Crippen molar-refractivity contribution < 1.29 is 17.5 Å². The van der Waals surface area contributed by atoms with Crippen molar-refractivity contribution >= 4 is 21.4 Å². The molecule has 1 N–H and O–H groups in total. The molecule has 136 valence electrons. The Morgan fingerprint density at radius 3 is 2.81 bits per heavy atom. The molecule has 0 fully saturated rings. The van der Waals surface area contributed by atoms with Crippen LogP contribution in [0.25, 0.3) is 10.6 Å². The second-order valence-corrected chi connectivity index (χ2v) is 8.21. The first-order chi connectivity index (χ1) is 12.4. The first kappa shape index (κ1) is 18.4. The van der Waals surface area contributed by atoms with Crippen LogP contribution in [0.5, 0.6) is 5.75 Å². The maximum absolute atomic E-state index is 13.5. The Morgan fingerprint density at radius 1 is 1.31 bits per heavy atom. The summed E-state index contributed by atoms with van der Waals surface area (Å²) < 4.78 is 46.1. The van der Waals surface area contributed by atoms with Gasteiger partial charge in [0.15, 0.2) is 0 Å². The van der Waals surface area contributed by atoms with E-state index in [1.807, 2.05) is 19.1 Å². The van der Waals surface area contributed by atoms with Gasteiger partial charge in [-0.1, -0.05) is 0 Å². The number of ether oxygens (including phenoxy) is 1. The van der Waals surface area contributed by atoms with Gasteiger partial charge in [0.05, 0.1) is 12.8 Å². The van der Waals surface area contributed by atoms with Crippen LogP contribution in [0.3, 0.4) is 0 Å². The molecule has 0 radical (unpaired) electrons. The summed E-state index contributed by atoms with van der Waals surface area (Å²) in [6, 6.07) is 7.05. The van der Waals surface area contributed by atoms with Crippen LogP contribution in [-0.2, 0) is 16.6 Å². The topological polar surface area (TPSA) is 81.2 Å². The average Bonchev–Trinajstić information content (AvgIpc) is 3.02. The van der Waals surface area contributed by atoms with Crippen molar-refractivity contribution in [1.82, 2.24) is 14.7 Å². The molecule has 0 aliphatic rings. The van der Waals surface area contributed by atoms with E-state index in [2.05, 4.69) is 14.7 Å². The molecular weight excluding hydrogens is 377 g/mol. The second-order valence-electron chi connectivity index (χ2n) is 5.39. The van der Waals surface area contributed by atoms with Crippen molar-refractivity contribution in [2.45, 2.75) is 18.4 Å². The van der Waals surface area contributed by atoms with Crippen LogP contribution < -0.4 is 9.46 Å². The molecule has 0 bridgehead atoms. The number of hydrogen-bond donors (Lipinski definition) is 1. The highest BCUT2D eigenvalue weighted by Gasteiger charge is 2.21. The lowest BCUT2D eigenvalue weighted by atomic mass is 10.3. The van der Waals surface area contributed by atoms with Crippen LogP contribution in [0.1, 0.15) is 10.6 Å². The fraction of sp³-hybridized carbons (Fsp3) is 0.176. The molecule has 26 heavy (non-hydrogen) atoms. The number of halogens is 1. The Balaban J connectivity index is 1.83. The van der Waals surface area contributed by atoms with Gasteiger partial charge in [-0.15, -0.1) is 11.3 Å². The van der Waals surface area contributed by atoms with Gasteiger partial charge >= 0.3 is 0 Å². The van der Waals surface area contributed by atoms with Crippen LogP contribution in [0.4, 0.5) is 4.39 Å². The zero-order chi connectivity index (χ0) is 18.7. The predicted molar refractivity (Wildman–Crippen MR) is 97.1 cm³/mol. The van der Waals surface area contributed by atoms with Crippen molar-refractivity contribution in [3.8, 4) is 16.3 Å². The highest BCUT2D eigenvalue weighted by molar-refractivity contribution is 7.89. The summed E-state index contributed by atoms with van der Waals surface area (Å²) in [6.45, 7) is 1.86. The first-order valence-corrected chi connectivity index (χ1v) is 9.90. The summed E-state index contributed by atoms with van der Waals surface area (Å²) in [6.07, 6.45) is 3.37. The number of aromatic nitrogens is 2. The van der Waals surface area contributed by atoms with Gasteiger partial charge < -0.3 is 4.74 Å². The Hall–Kier alpha value is -2.36. The molecule has 0 aliphatic carbocycles. The van der Waals surface area contributed by atoms with Gasteiger partial charge in [0.1, 0.15) is 21.5 Å². The van der Waals surface area contributed by atoms with E-state index >= 15 is 0 Å². The van der Waals surface area contributed by atoms with E-state index in [1.54, 1.807) is 12.4 Å². The minimum atomic E-state index is -3.94. The smallest absolute Gasteiger partial charge is 0.244 e. The zero-order valence-corrected chi connectivity index (χ0v) is 15.7. The standard InChI is InChI=1S/C17H16FN3O3S2/c1-11-15(25-17(21-11)12-4-3-7-19-9-12)10-20-26(22,23)16-8-13(18)5-6-14(16)24-2/h3-9,20H,10H2,1-2H3. The monoisotopic (exact) mass is 393 g/mol. The molecule has 2 heterocycles. The largest absolute Gasteiger partial charge is 0.495 e. The third-order valence-corrected chi connectivity index (χ3v) is 6.27. The highest BCUT2D eigenvalue weighted by atomic mass is 32.2. The minimum Gasteiger partial charge on any atom is -0.495 e. The number of methoxy groups -OCH3 is 1. The van der Waals surface area contributed by atoms with E-state index in [-0.39, 0.29) is 17.2 Å². The maximum Gasteiger partial charge on any atom is 0.244 e. The number of nitrogens with zero attached hydrogens (tertiary/aromatic N) is 2. The van der Waals surface area contributed by atoms with Gasteiger partial charge in [0.25, 0.3) is 0 Å². The maximum atomic E-state index is 13.5. The molecule has 0 saturated carbocycles. The number of sulfonamides is 1. The van der Waals surface area contributed by atoms with Crippen molar-refractivity contribution in [3.63, 3.8) is 0 Å². The van der Waals surface area contributed by atoms with Crippen LogP contribution in [0.15, 0.2) is 47.6 Å². The van der Waals surface area contributed by atoms with Gasteiger partial charge in [-0.25, -0.2) is 22.5 Å². The number of aryl methyl sites for hydroxylation is 1. The number of pyridine rings is 1. The average molecular weight is 393 g/mol. The van der Waals surface area contributed by atoms with Gasteiger partial charge in [-0.3, -0.25) is 4.98 Å². The second kappa shape index (κ2) is 7.48. The summed E-state index contributed by atoms with van der Waals surface area (Å²) in [7, 11) is -2.61. The predicted octanol–water partition coefficient (Wildman–Crippen LogP) is 3.14. The number of nitrogens with one attached hydrogen (secondary N) is 1. The van der Waals surface area contributed by atoms with Gasteiger partial charge in [0, 0.05) is 29.4 Å². The summed E-state index contributed by atoms with van der Waals surface area (Å²) in [5.41, 5.74) is 1.59. The lowest BCUT2D eigenvalue weighted by Crippen LogP contribution is -2.23. The lowest BCUT2D eigenvalue weighted by molar-refractivity contribution is 0.400. The molecule has 3 rings (SSSR count). The highest BCUT2D eigenvalue weighted by Crippen LogP contribution is 2.28. The molecule has 2 aromatic heterocycles. The quantitative estimate of drug-likeness (QED) is 0.696. The van der Waals surface area contributed by atoms with E-state index in [9.17, 15) is 12.8 Å². The number of benzene rings is 1. The molecule has 0 saturated heterocycles.